The van der Waals surface area contributed by atoms with Gasteiger partial charge in [0.05, 0.1) is 24.5 Å². The lowest BCUT2D eigenvalue weighted by atomic mass is 9.86. The Morgan fingerprint density at radius 1 is 1.03 bits per heavy atom. The third-order valence-electron chi connectivity index (χ3n) is 6.77. The molecule has 0 saturated heterocycles. The first-order valence-electron chi connectivity index (χ1n) is 11.3. The Morgan fingerprint density at radius 2 is 1.80 bits per heavy atom. The van der Waals surface area contributed by atoms with Gasteiger partial charge >= 0.3 is 0 Å². The van der Waals surface area contributed by atoms with Gasteiger partial charge in [0.25, 0.3) is 0 Å². The van der Waals surface area contributed by atoms with Gasteiger partial charge in [0, 0.05) is 24.4 Å². The second-order valence-corrected chi connectivity index (χ2v) is 8.83. The number of para-hydroxylation sites is 1. The van der Waals surface area contributed by atoms with Crippen molar-refractivity contribution in [2.75, 3.05) is 0 Å². The molecule has 2 aliphatic rings. The highest BCUT2D eigenvalue weighted by Crippen LogP contribution is 2.33. The van der Waals surface area contributed by atoms with E-state index in [-0.39, 0.29) is 5.91 Å². The predicted molar refractivity (Wildman–Crippen MR) is 118 cm³/mol. The molecule has 5 rings (SSSR count). The maximum absolute atomic E-state index is 12.9. The van der Waals surface area contributed by atoms with E-state index in [1.807, 2.05) is 21.7 Å². The van der Waals surface area contributed by atoms with Gasteiger partial charge in [0.15, 0.2) is 0 Å². The topological polar surface area (TPSA) is 43.1 Å². The minimum absolute atomic E-state index is 0.277. The number of hydrogen-bond donors (Lipinski definition) is 0. The van der Waals surface area contributed by atoms with E-state index in [0.717, 1.165) is 29.5 Å². The van der Waals surface area contributed by atoms with Crippen LogP contribution in [0.15, 0.2) is 48.8 Å². The van der Waals surface area contributed by atoms with Gasteiger partial charge in [-0.15, -0.1) is 0 Å². The first kappa shape index (κ1) is 19.2. The molecule has 0 unspecified atom stereocenters. The fourth-order valence-corrected chi connectivity index (χ4v) is 5.05. The smallest absolute Gasteiger partial charge is 0.223 e. The molecule has 0 atom stereocenters. The van der Waals surface area contributed by atoms with Crippen molar-refractivity contribution >= 4 is 5.91 Å². The molecule has 0 spiro atoms. The highest BCUT2D eigenvalue weighted by molar-refractivity contribution is 5.77. The van der Waals surface area contributed by atoms with E-state index in [1.54, 1.807) is 0 Å². The van der Waals surface area contributed by atoms with Crippen LogP contribution in [0, 0.1) is 12.8 Å². The molecule has 1 aliphatic carbocycles. The van der Waals surface area contributed by atoms with Gasteiger partial charge in [-0.1, -0.05) is 50.3 Å². The Hall–Kier alpha value is -2.82. The molecule has 0 radical (unpaired) electrons. The molecule has 156 valence electrons. The third-order valence-corrected chi connectivity index (χ3v) is 6.77. The average molecular weight is 403 g/mol. The van der Waals surface area contributed by atoms with Crippen LogP contribution in [0.5, 0.6) is 0 Å². The third kappa shape index (κ3) is 3.57. The summed E-state index contributed by atoms with van der Waals surface area (Å²) in [5, 5.41) is 4.96. The normalized spacial score (nSPS) is 16.8. The molecule has 1 aliphatic heterocycles. The monoisotopic (exact) mass is 402 g/mol. The summed E-state index contributed by atoms with van der Waals surface area (Å²) in [5.74, 6) is 2.07. The Balaban J connectivity index is 1.38. The summed E-state index contributed by atoms with van der Waals surface area (Å²) in [6.45, 7) is 3.38. The van der Waals surface area contributed by atoms with Gasteiger partial charge in [0.1, 0.15) is 5.82 Å². The molecule has 3 aromatic rings. The number of amides is 1. The van der Waals surface area contributed by atoms with Crippen LogP contribution in [0.3, 0.4) is 0 Å². The van der Waals surface area contributed by atoms with Crippen molar-refractivity contribution in [3.63, 3.8) is 0 Å². The summed E-state index contributed by atoms with van der Waals surface area (Å²) in [4.78, 5) is 14.9. The Bertz CT molecular complexity index is 1030. The van der Waals surface area contributed by atoms with Crippen LogP contribution in [-0.4, -0.2) is 25.2 Å². The highest BCUT2D eigenvalue weighted by atomic mass is 16.2. The minimum atomic E-state index is 0.277. The fraction of sp³-hybridized carbons (Fsp3) is 0.440. The number of rotatable bonds is 5. The van der Waals surface area contributed by atoms with Crippen LogP contribution in [-0.2, 0) is 17.9 Å². The van der Waals surface area contributed by atoms with Crippen molar-refractivity contribution in [1.29, 1.82) is 0 Å². The summed E-state index contributed by atoms with van der Waals surface area (Å²) in [7, 11) is 0. The lowest BCUT2D eigenvalue weighted by Crippen LogP contribution is -2.27. The van der Waals surface area contributed by atoms with Crippen molar-refractivity contribution in [1.82, 2.24) is 19.2 Å². The first-order valence-corrected chi connectivity index (χ1v) is 11.3. The number of carbonyl (C=O) groups excluding carboxylic acids is 1. The van der Waals surface area contributed by atoms with Gasteiger partial charge in [0.2, 0.25) is 5.91 Å². The molecule has 1 aromatic carbocycles. The SMILES string of the molecule is Cc1ccccc1-n1nc2c(c1-n1cccc1)CN(C(=O)CCC1CCCCC1)C2. The van der Waals surface area contributed by atoms with Crippen molar-refractivity contribution < 1.29 is 4.79 Å². The standard InChI is InChI=1S/C25H30N4O/c1-19-9-5-6-12-23(19)29-25(27-15-7-8-16-27)21-17-28(18-22(21)26-29)24(30)14-13-20-10-3-2-4-11-20/h5-9,12,15-16,20H,2-4,10-11,13-14,17-18H2,1H3. The van der Waals surface area contributed by atoms with Crippen LogP contribution in [0.4, 0.5) is 0 Å². The number of carbonyl (C=O) groups is 1. The van der Waals surface area contributed by atoms with Crippen LogP contribution in [0.2, 0.25) is 0 Å². The fourth-order valence-electron chi connectivity index (χ4n) is 5.05. The summed E-state index contributed by atoms with van der Waals surface area (Å²) in [6, 6.07) is 12.4. The Kier molecular flexibility index (Phi) is 5.19. The number of benzene rings is 1. The molecule has 5 heteroatoms. The number of aromatic nitrogens is 3. The molecule has 5 nitrogen and oxygen atoms in total. The molecule has 0 N–H and O–H groups in total. The molecule has 3 heterocycles. The van der Waals surface area contributed by atoms with E-state index in [9.17, 15) is 4.79 Å². The quantitative estimate of drug-likeness (QED) is 0.591. The molecule has 2 aromatic heterocycles. The van der Waals surface area contributed by atoms with E-state index < -0.39 is 0 Å². The van der Waals surface area contributed by atoms with Gasteiger partial charge in [-0.3, -0.25) is 4.79 Å². The van der Waals surface area contributed by atoms with Crippen LogP contribution < -0.4 is 0 Å². The zero-order chi connectivity index (χ0) is 20.5. The van der Waals surface area contributed by atoms with Crippen molar-refractivity contribution in [3.8, 4) is 11.5 Å². The van der Waals surface area contributed by atoms with Gasteiger partial charge in [-0.05, 0) is 43.0 Å². The summed E-state index contributed by atoms with van der Waals surface area (Å²) < 4.78 is 4.16. The Morgan fingerprint density at radius 3 is 2.57 bits per heavy atom. The minimum Gasteiger partial charge on any atom is -0.332 e. The van der Waals surface area contributed by atoms with E-state index in [2.05, 4.69) is 48.1 Å². The molecular formula is C25H30N4O. The van der Waals surface area contributed by atoms with Crippen LogP contribution in [0.1, 0.15) is 61.8 Å². The predicted octanol–water partition coefficient (Wildman–Crippen LogP) is 5.17. The zero-order valence-corrected chi connectivity index (χ0v) is 17.8. The summed E-state index contributed by atoms with van der Waals surface area (Å²) in [5.41, 5.74) is 4.46. The number of aryl methyl sites for hydroxylation is 1. The molecule has 1 fully saturated rings. The van der Waals surface area contributed by atoms with Gasteiger partial charge < -0.3 is 9.47 Å². The van der Waals surface area contributed by atoms with Crippen molar-refractivity contribution in [3.05, 3.63) is 65.6 Å². The molecular weight excluding hydrogens is 372 g/mol. The maximum atomic E-state index is 12.9. The lowest BCUT2D eigenvalue weighted by Gasteiger charge is -2.23. The van der Waals surface area contributed by atoms with Crippen molar-refractivity contribution in [2.24, 2.45) is 5.92 Å². The maximum Gasteiger partial charge on any atom is 0.223 e. The van der Waals surface area contributed by atoms with Crippen molar-refractivity contribution in [2.45, 2.75) is 65.0 Å². The second-order valence-electron chi connectivity index (χ2n) is 8.83. The molecule has 1 saturated carbocycles. The number of hydrogen-bond acceptors (Lipinski definition) is 2. The number of nitrogens with zero attached hydrogens (tertiary/aromatic N) is 4. The summed E-state index contributed by atoms with van der Waals surface area (Å²) >= 11 is 0. The van der Waals surface area contributed by atoms with Crippen LogP contribution in [0.25, 0.3) is 11.5 Å². The number of fused-ring (bicyclic) bond motifs is 1. The van der Waals surface area contributed by atoms with E-state index >= 15 is 0 Å². The lowest BCUT2D eigenvalue weighted by molar-refractivity contribution is -0.132. The largest absolute Gasteiger partial charge is 0.332 e. The van der Waals surface area contributed by atoms with E-state index in [4.69, 9.17) is 5.10 Å². The average Bonchev–Trinajstić information content (AvgIpc) is 3.49. The first-order chi connectivity index (χ1) is 14.7. The molecule has 30 heavy (non-hydrogen) atoms. The second kappa shape index (κ2) is 8.13. The van der Waals surface area contributed by atoms with Gasteiger partial charge in [-0.2, -0.15) is 5.10 Å². The van der Waals surface area contributed by atoms with Gasteiger partial charge in [-0.25, -0.2) is 4.68 Å². The molecule has 1 amide bonds. The summed E-state index contributed by atoms with van der Waals surface area (Å²) in [6.07, 6.45) is 12.5. The Labute approximate surface area is 178 Å². The van der Waals surface area contributed by atoms with E-state index in [0.29, 0.717) is 19.5 Å². The highest BCUT2D eigenvalue weighted by Gasteiger charge is 2.31. The zero-order valence-electron chi connectivity index (χ0n) is 17.8. The molecule has 0 bridgehead atoms. The van der Waals surface area contributed by atoms with Crippen LogP contribution >= 0.6 is 0 Å². The van der Waals surface area contributed by atoms with E-state index in [1.165, 1.54) is 43.2 Å².